The number of methoxy groups -OCH3 is 1. The summed E-state index contributed by atoms with van der Waals surface area (Å²) in [5.41, 5.74) is 0.726. The van der Waals surface area contributed by atoms with Crippen molar-refractivity contribution in [3.63, 3.8) is 0 Å². The predicted octanol–water partition coefficient (Wildman–Crippen LogP) is 2.58. The van der Waals surface area contributed by atoms with Crippen LogP contribution in [-0.2, 0) is 4.79 Å². The lowest BCUT2D eigenvalue weighted by atomic mass is 10.1. The number of hydrogen-bond acceptors (Lipinski definition) is 5. The minimum Gasteiger partial charge on any atom is -0.497 e. The highest BCUT2D eigenvalue weighted by Gasteiger charge is 2.17. The van der Waals surface area contributed by atoms with Crippen molar-refractivity contribution in [1.82, 2.24) is 10.5 Å². The second-order valence-corrected chi connectivity index (χ2v) is 5.31. The van der Waals surface area contributed by atoms with Crippen molar-refractivity contribution in [2.45, 2.75) is 12.8 Å². The third kappa shape index (κ3) is 3.01. The van der Waals surface area contributed by atoms with Crippen LogP contribution < -0.4 is 10.1 Å². The predicted molar refractivity (Wildman–Crippen MR) is 87.3 cm³/mol. The third-order valence-corrected chi connectivity index (χ3v) is 3.73. The molecule has 0 atom stereocenters. The molecule has 0 aliphatic heterocycles. The summed E-state index contributed by atoms with van der Waals surface area (Å²) >= 11 is 0. The van der Waals surface area contributed by atoms with Crippen molar-refractivity contribution in [1.29, 1.82) is 0 Å². The van der Waals surface area contributed by atoms with E-state index in [1.165, 1.54) is 0 Å². The number of nitrogens with one attached hydrogen (secondary N) is 1. The van der Waals surface area contributed by atoms with E-state index in [-0.39, 0.29) is 24.6 Å². The number of carboxylic acids is 1. The Kier molecular flexibility index (Phi) is 4.33. The number of aromatic nitrogens is 1. The molecule has 0 saturated heterocycles. The number of benzene rings is 2. The number of rotatable bonds is 6. The fourth-order valence-electron chi connectivity index (χ4n) is 2.52. The fraction of sp³-hybridized carbons (Fsp3) is 0.235. The van der Waals surface area contributed by atoms with Crippen LogP contribution in [0.25, 0.3) is 21.7 Å². The highest BCUT2D eigenvalue weighted by atomic mass is 16.5. The summed E-state index contributed by atoms with van der Waals surface area (Å²) in [6, 6.07) is 9.20. The highest BCUT2D eigenvalue weighted by Crippen LogP contribution is 2.30. The van der Waals surface area contributed by atoms with Gasteiger partial charge in [0.05, 0.1) is 12.5 Å². The molecular formula is C17H16N2O5. The molecule has 7 heteroatoms. The normalized spacial score (nSPS) is 10.9. The zero-order valence-corrected chi connectivity index (χ0v) is 13.0. The summed E-state index contributed by atoms with van der Waals surface area (Å²) < 4.78 is 10.6. The number of hydrogen-bond donors (Lipinski definition) is 2. The van der Waals surface area contributed by atoms with Crippen LogP contribution in [0, 0.1) is 0 Å². The Morgan fingerprint density at radius 2 is 2.04 bits per heavy atom. The van der Waals surface area contributed by atoms with Crippen molar-refractivity contribution in [3.05, 3.63) is 36.0 Å². The van der Waals surface area contributed by atoms with Crippen molar-refractivity contribution >= 4 is 33.6 Å². The van der Waals surface area contributed by atoms with Gasteiger partial charge in [-0.15, -0.1) is 0 Å². The van der Waals surface area contributed by atoms with Crippen LogP contribution >= 0.6 is 0 Å². The lowest BCUT2D eigenvalue weighted by Crippen LogP contribution is -2.25. The van der Waals surface area contributed by atoms with Crippen molar-refractivity contribution in [2.75, 3.05) is 13.7 Å². The molecule has 24 heavy (non-hydrogen) atoms. The Bertz CT molecular complexity index is 916. The summed E-state index contributed by atoms with van der Waals surface area (Å²) in [5, 5.41) is 17.5. The Hall–Kier alpha value is -3.09. The van der Waals surface area contributed by atoms with E-state index in [4.69, 9.17) is 14.4 Å². The van der Waals surface area contributed by atoms with E-state index in [0.29, 0.717) is 17.4 Å². The van der Waals surface area contributed by atoms with E-state index in [0.717, 1.165) is 16.5 Å². The Morgan fingerprint density at radius 1 is 1.25 bits per heavy atom. The van der Waals surface area contributed by atoms with Gasteiger partial charge in [0.1, 0.15) is 5.75 Å². The molecule has 7 nitrogen and oxygen atoms in total. The van der Waals surface area contributed by atoms with Gasteiger partial charge >= 0.3 is 5.97 Å². The average molecular weight is 328 g/mol. The van der Waals surface area contributed by atoms with Gasteiger partial charge in [0, 0.05) is 18.4 Å². The van der Waals surface area contributed by atoms with Crippen LogP contribution in [0.2, 0.25) is 0 Å². The van der Waals surface area contributed by atoms with E-state index < -0.39 is 5.97 Å². The molecule has 3 aromatic rings. The third-order valence-electron chi connectivity index (χ3n) is 3.73. The molecule has 0 unspecified atom stereocenters. The molecule has 1 heterocycles. The highest BCUT2D eigenvalue weighted by molar-refractivity contribution is 6.12. The smallest absolute Gasteiger partial charge is 0.303 e. The molecule has 1 aromatic heterocycles. The number of carboxylic acid groups (broad SMARTS) is 1. The molecule has 2 N–H and O–H groups in total. The molecule has 0 bridgehead atoms. The van der Waals surface area contributed by atoms with E-state index in [2.05, 4.69) is 10.5 Å². The number of fused-ring (bicyclic) bond motifs is 3. The minimum atomic E-state index is -0.891. The topological polar surface area (TPSA) is 102 Å². The van der Waals surface area contributed by atoms with Gasteiger partial charge in [0.25, 0.3) is 5.91 Å². The largest absolute Gasteiger partial charge is 0.497 e. The van der Waals surface area contributed by atoms with E-state index in [1.807, 2.05) is 24.3 Å². The van der Waals surface area contributed by atoms with Crippen LogP contribution in [0.5, 0.6) is 5.75 Å². The molecule has 124 valence electrons. The molecule has 0 radical (unpaired) electrons. The lowest BCUT2D eigenvalue weighted by Gasteiger charge is -2.03. The fourth-order valence-corrected chi connectivity index (χ4v) is 2.52. The van der Waals surface area contributed by atoms with Crippen LogP contribution in [0.4, 0.5) is 0 Å². The van der Waals surface area contributed by atoms with Crippen molar-refractivity contribution < 1.29 is 24.0 Å². The number of carbonyl (C=O) groups excluding carboxylic acids is 1. The first-order valence-corrected chi connectivity index (χ1v) is 7.46. The number of nitrogens with zero attached hydrogens (tertiary/aromatic N) is 1. The maximum absolute atomic E-state index is 12.2. The molecule has 0 aliphatic rings. The van der Waals surface area contributed by atoms with Gasteiger partial charge in [-0.05, 0) is 36.1 Å². The maximum atomic E-state index is 12.2. The molecule has 1 amide bonds. The molecular weight excluding hydrogens is 312 g/mol. The maximum Gasteiger partial charge on any atom is 0.303 e. The summed E-state index contributed by atoms with van der Waals surface area (Å²) in [5.74, 6) is -0.539. The zero-order chi connectivity index (χ0) is 17.1. The Labute approximate surface area is 137 Å². The second-order valence-electron chi connectivity index (χ2n) is 5.31. The van der Waals surface area contributed by atoms with Gasteiger partial charge < -0.3 is 19.7 Å². The molecule has 2 aromatic carbocycles. The van der Waals surface area contributed by atoms with E-state index in [9.17, 15) is 9.59 Å². The van der Waals surface area contributed by atoms with Gasteiger partial charge in [-0.3, -0.25) is 9.59 Å². The van der Waals surface area contributed by atoms with Crippen molar-refractivity contribution in [2.24, 2.45) is 0 Å². The average Bonchev–Trinajstić information content (AvgIpc) is 3.02. The molecule has 0 fully saturated rings. The molecule has 0 aliphatic carbocycles. The minimum absolute atomic E-state index is 0.00626. The van der Waals surface area contributed by atoms with E-state index in [1.54, 1.807) is 13.2 Å². The summed E-state index contributed by atoms with van der Waals surface area (Å²) in [6.45, 7) is 0.268. The second kappa shape index (κ2) is 6.57. The first kappa shape index (κ1) is 15.8. The van der Waals surface area contributed by atoms with Crippen molar-refractivity contribution in [3.8, 4) is 5.75 Å². The first-order chi connectivity index (χ1) is 11.6. The Morgan fingerprint density at radius 3 is 2.79 bits per heavy atom. The number of aliphatic carboxylic acids is 1. The molecule has 3 rings (SSSR count). The van der Waals surface area contributed by atoms with Crippen LogP contribution in [0.1, 0.15) is 23.3 Å². The van der Waals surface area contributed by atoms with Gasteiger partial charge in [-0.1, -0.05) is 11.2 Å². The number of carbonyl (C=O) groups is 2. The molecule has 0 spiro atoms. The summed E-state index contributed by atoms with van der Waals surface area (Å²) in [4.78, 5) is 22.7. The standard InChI is InChI=1S/C17H16N2O5/c1-23-11-5-7-12-10(9-11)4-6-13-15(19-24-16(12)13)17(22)18-8-2-3-14(20)21/h4-7,9H,2-3,8H2,1H3,(H,18,22)(H,20,21). The first-order valence-electron chi connectivity index (χ1n) is 7.46. The van der Waals surface area contributed by atoms with Crippen LogP contribution in [0.3, 0.4) is 0 Å². The SMILES string of the molecule is COc1ccc2c(ccc3c(C(=O)NCCCC(=O)O)noc32)c1. The van der Waals surface area contributed by atoms with Crippen LogP contribution in [0.15, 0.2) is 34.9 Å². The Balaban J connectivity index is 1.86. The molecule has 0 saturated carbocycles. The van der Waals surface area contributed by atoms with Gasteiger partial charge in [0.15, 0.2) is 11.3 Å². The monoisotopic (exact) mass is 328 g/mol. The van der Waals surface area contributed by atoms with E-state index >= 15 is 0 Å². The zero-order valence-electron chi connectivity index (χ0n) is 13.0. The van der Waals surface area contributed by atoms with Gasteiger partial charge in [0.2, 0.25) is 0 Å². The number of amides is 1. The summed E-state index contributed by atoms with van der Waals surface area (Å²) in [7, 11) is 1.60. The van der Waals surface area contributed by atoms with Gasteiger partial charge in [-0.25, -0.2) is 0 Å². The summed E-state index contributed by atoms with van der Waals surface area (Å²) in [6.07, 6.45) is 0.367. The lowest BCUT2D eigenvalue weighted by molar-refractivity contribution is -0.137. The number of ether oxygens (including phenoxy) is 1. The van der Waals surface area contributed by atoms with Gasteiger partial charge in [-0.2, -0.15) is 0 Å². The quantitative estimate of drug-likeness (QED) is 0.674. The van der Waals surface area contributed by atoms with Crippen LogP contribution in [-0.4, -0.2) is 35.8 Å².